The molecule has 0 aliphatic rings. The van der Waals surface area contributed by atoms with Crippen LogP contribution in [-0.2, 0) is 18.3 Å². The van der Waals surface area contributed by atoms with Crippen LogP contribution >= 0.6 is 0 Å². The van der Waals surface area contributed by atoms with Crippen molar-refractivity contribution in [1.82, 2.24) is 9.88 Å². The van der Waals surface area contributed by atoms with Crippen LogP contribution in [0.5, 0.6) is 0 Å². The van der Waals surface area contributed by atoms with Crippen LogP contribution < -0.4 is 11.1 Å². The molecule has 5 heteroatoms. The first-order chi connectivity index (χ1) is 7.22. The molecule has 1 aromatic rings. The van der Waals surface area contributed by atoms with Crippen LogP contribution in [0.3, 0.4) is 0 Å². The third-order valence-corrected chi connectivity index (χ3v) is 1.94. The summed E-state index contributed by atoms with van der Waals surface area (Å²) in [5, 5.41) is 2.96. The number of aromatic nitrogens is 1. The normalized spacial score (nSPS) is 11.7. The molecule has 0 amide bonds. The van der Waals surface area contributed by atoms with Gasteiger partial charge in [0.25, 0.3) is 0 Å². The Labute approximate surface area is 89.9 Å². The van der Waals surface area contributed by atoms with Gasteiger partial charge in [-0.05, 0) is 11.6 Å². The first kappa shape index (κ1) is 11.6. The maximum absolute atomic E-state index is 5.65. The molecule has 1 heterocycles. The average Bonchev–Trinajstić information content (AvgIpc) is 2.62. The summed E-state index contributed by atoms with van der Waals surface area (Å²) in [5.41, 5.74) is 6.79. The monoisotopic (exact) mass is 210 g/mol. The van der Waals surface area contributed by atoms with Crippen LogP contribution in [0, 0.1) is 0 Å². The quantitative estimate of drug-likeness (QED) is 0.411. The third-order valence-electron chi connectivity index (χ3n) is 1.94. The van der Waals surface area contributed by atoms with Crippen LogP contribution in [0.2, 0.25) is 0 Å². The molecule has 0 unspecified atom stereocenters. The number of aryl methyl sites for hydroxylation is 1. The number of ether oxygens (including phenoxy) is 1. The van der Waals surface area contributed by atoms with Crippen molar-refractivity contribution in [2.24, 2.45) is 17.8 Å². The number of rotatable bonds is 5. The van der Waals surface area contributed by atoms with Gasteiger partial charge < -0.3 is 20.4 Å². The van der Waals surface area contributed by atoms with Gasteiger partial charge in [-0.3, -0.25) is 0 Å². The largest absolute Gasteiger partial charge is 0.383 e. The molecular weight excluding hydrogens is 192 g/mol. The van der Waals surface area contributed by atoms with Crippen molar-refractivity contribution in [1.29, 1.82) is 0 Å². The fourth-order valence-electron chi connectivity index (χ4n) is 1.17. The lowest BCUT2D eigenvalue weighted by atomic mass is 10.3. The van der Waals surface area contributed by atoms with Crippen molar-refractivity contribution in [2.45, 2.75) is 6.54 Å². The van der Waals surface area contributed by atoms with Gasteiger partial charge >= 0.3 is 0 Å². The Kier molecular flexibility index (Phi) is 4.70. The second-order valence-electron chi connectivity index (χ2n) is 3.31. The van der Waals surface area contributed by atoms with E-state index in [1.54, 1.807) is 7.11 Å². The topological polar surface area (TPSA) is 64.6 Å². The number of guanidine groups is 1. The summed E-state index contributed by atoms with van der Waals surface area (Å²) in [6, 6.07) is 2.02. The molecule has 0 aliphatic carbocycles. The molecule has 15 heavy (non-hydrogen) atoms. The van der Waals surface area contributed by atoms with Crippen LogP contribution in [0.4, 0.5) is 0 Å². The number of hydrogen-bond acceptors (Lipinski definition) is 2. The Balaban J connectivity index is 2.30. The highest BCUT2D eigenvalue weighted by atomic mass is 16.5. The summed E-state index contributed by atoms with van der Waals surface area (Å²) < 4.78 is 6.87. The molecule has 5 nitrogen and oxygen atoms in total. The van der Waals surface area contributed by atoms with Crippen molar-refractivity contribution in [2.75, 3.05) is 20.3 Å². The summed E-state index contributed by atoms with van der Waals surface area (Å²) in [7, 11) is 3.63. The highest BCUT2D eigenvalue weighted by molar-refractivity contribution is 5.77. The second-order valence-corrected chi connectivity index (χ2v) is 3.31. The Hall–Kier alpha value is -1.49. The van der Waals surface area contributed by atoms with Crippen molar-refractivity contribution >= 4 is 5.96 Å². The lowest BCUT2D eigenvalue weighted by Gasteiger charge is -2.03. The van der Waals surface area contributed by atoms with Crippen molar-refractivity contribution in [3.8, 4) is 0 Å². The van der Waals surface area contributed by atoms with Crippen LogP contribution in [0.25, 0.3) is 0 Å². The van der Waals surface area contributed by atoms with Crippen LogP contribution in [0.1, 0.15) is 5.56 Å². The minimum Gasteiger partial charge on any atom is -0.383 e. The van der Waals surface area contributed by atoms with Crippen LogP contribution in [0.15, 0.2) is 23.5 Å². The molecule has 0 fully saturated rings. The molecule has 1 aromatic heterocycles. The standard InChI is InChI=1S/C10H18N4O/c1-14-5-3-9(8-14)7-13-10(11)12-4-6-15-2/h3,5,8H,4,6-7H2,1-2H3,(H3,11,12,13). The van der Waals surface area contributed by atoms with Gasteiger partial charge in [0.05, 0.1) is 13.2 Å². The zero-order valence-electron chi connectivity index (χ0n) is 9.23. The molecule has 0 spiro atoms. The van der Waals surface area contributed by atoms with E-state index in [4.69, 9.17) is 10.5 Å². The fourth-order valence-corrected chi connectivity index (χ4v) is 1.17. The zero-order valence-corrected chi connectivity index (χ0v) is 9.23. The first-order valence-electron chi connectivity index (χ1n) is 4.86. The summed E-state index contributed by atoms with van der Waals surface area (Å²) in [6.45, 7) is 1.91. The van der Waals surface area contributed by atoms with E-state index in [0.29, 0.717) is 25.7 Å². The summed E-state index contributed by atoms with van der Waals surface area (Å²) >= 11 is 0. The van der Waals surface area contributed by atoms with E-state index in [9.17, 15) is 0 Å². The number of aliphatic imine (C=N–C) groups is 1. The zero-order chi connectivity index (χ0) is 11.1. The minimum atomic E-state index is 0.455. The molecule has 0 radical (unpaired) electrons. The predicted molar refractivity (Wildman–Crippen MR) is 60.6 cm³/mol. The van der Waals surface area contributed by atoms with Crippen molar-refractivity contribution in [3.63, 3.8) is 0 Å². The Morgan fingerprint density at radius 3 is 3.07 bits per heavy atom. The molecular formula is C10H18N4O. The van der Waals surface area contributed by atoms with Gasteiger partial charge in [0.1, 0.15) is 0 Å². The first-order valence-corrected chi connectivity index (χ1v) is 4.86. The molecule has 0 aromatic carbocycles. The van der Waals surface area contributed by atoms with E-state index >= 15 is 0 Å². The second kappa shape index (κ2) is 6.08. The van der Waals surface area contributed by atoms with Gasteiger partial charge in [0.2, 0.25) is 0 Å². The van der Waals surface area contributed by atoms with Gasteiger partial charge in [-0.25, -0.2) is 4.99 Å². The Morgan fingerprint density at radius 2 is 2.47 bits per heavy atom. The van der Waals surface area contributed by atoms with E-state index < -0.39 is 0 Å². The fraction of sp³-hybridized carbons (Fsp3) is 0.500. The van der Waals surface area contributed by atoms with Crippen molar-refractivity contribution in [3.05, 3.63) is 24.0 Å². The van der Waals surface area contributed by atoms with Gasteiger partial charge in [0.15, 0.2) is 5.96 Å². The van der Waals surface area contributed by atoms with Gasteiger partial charge in [-0.15, -0.1) is 0 Å². The third kappa shape index (κ3) is 4.51. The van der Waals surface area contributed by atoms with E-state index in [0.717, 1.165) is 5.56 Å². The number of hydrogen-bond donors (Lipinski definition) is 2. The lowest BCUT2D eigenvalue weighted by molar-refractivity contribution is 0.204. The molecule has 0 saturated carbocycles. The van der Waals surface area contributed by atoms with E-state index in [2.05, 4.69) is 10.3 Å². The Bertz CT molecular complexity index is 319. The number of nitrogens with two attached hydrogens (primary N) is 1. The van der Waals surface area contributed by atoms with Gasteiger partial charge in [-0.2, -0.15) is 0 Å². The smallest absolute Gasteiger partial charge is 0.188 e. The maximum atomic E-state index is 5.65. The molecule has 0 saturated heterocycles. The summed E-state index contributed by atoms with van der Waals surface area (Å²) in [4.78, 5) is 4.19. The molecule has 1 rings (SSSR count). The molecule has 84 valence electrons. The highest BCUT2D eigenvalue weighted by Gasteiger charge is 1.94. The minimum absolute atomic E-state index is 0.455. The van der Waals surface area contributed by atoms with E-state index in [1.807, 2.05) is 30.1 Å². The average molecular weight is 210 g/mol. The van der Waals surface area contributed by atoms with E-state index in [-0.39, 0.29) is 0 Å². The number of nitrogens with one attached hydrogen (secondary N) is 1. The van der Waals surface area contributed by atoms with Gasteiger partial charge in [-0.1, -0.05) is 0 Å². The molecule has 0 atom stereocenters. The summed E-state index contributed by atoms with van der Waals surface area (Å²) in [5.74, 6) is 0.455. The Morgan fingerprint density at radius 1 is 1.67 bits per heavy atom. The molecule has 0 bridgehead atoms. The number of nitrogens with zero attached hydrogens (tertiary/aromatic N) is 2. The van der Waals surface area contributed by atoms with Crippen molar-refractivity contribution < 1.29 is 4.74 Å². The van der Waals surface area contributed by atoms with Crippen LogP contribution in [-0.4, -0.2) is 30.8 Å². The lowest BCUT2D eigenvalue weighted by Crippen LogP contribution is -2.34. The van der Waals surface area contributed by atoms with E-state index in [1.165, 1.54) is 0 Å². The SMILES string of the molecule is COCCNC(N)=NCc1ccn(C)c1. The molecule has 3 N–H and O–H groups in total. The number of methoxy groups -OCH3 is 1. The maximum Gasteiger partial charge on any atom is 0.188 e. The highest BCUT2D eigenvalue weighted by Crippen LogP contribution is 2.00. The summed E-state index contributed by atoms with van der Waals surface area (Å²) in [6.07, 6.45) is 4.01. The predicted octanol–water partition coefficient (Wildman–Crippen LogP) is 0.0758. The molecule has 0 aliphatic heterocycles. The van der Waals surface area contributed by atoms with Gasteiger partial charge in [0, 0.05) is 33.1 Å².